The summed E-state index contributed by atoms with van der Waals surface area (Å²) in [5.41, 5.74) is 2.52. The molecule has 0 fully saturated rings. The number of ether oxygens (including phenoxy) is 2. The second-order valence-electron chi connectivity index (χ2n) is 6.41. The maximum Gasteiger partial charge on any atom is 0.278 e. The van der Waals surface area contributed by atoms with Crippen molar-refractivity contribution in [2.45, 2.75) is 6.92 Å². The van der Waals surface area contributed by atoms with Crippen molar-refractivity contribution < 1.29 is 19.1 Å². The average Bonchev–Trinajstić information content (AvgIpc) is 2.94. The van der Waals surface area contributed by atoms with Gasteiger partial charge in [-0.25, -0.2) is 0 Å². The highest BCUT2D eigenvalue weighted by Gasteiger charge is 2.39. The van der Waals surface area contributed by atoms with Crippen molar-refractivity contribution >= 4 is 34.7 Å². The SMILES string of the molecule is C=CCN1C(=O)C(Nc2ccc(Cl)cc2C)=C(c2ccc(OC)c(OC)c2)C1=O. The van der Waals surface area contributed by atoms with Crippen LogP contribution in [0.15, 0.2) is 54.8 Å². The molecule has 0 saturated carbocycles. The molecule has 0 spiro atoms. The lowest BCUT2D eigenvalue weighted by atomic mass is 10.0. The molecule has 1 aliphatic heterocycles. The van der Waals surface area contributed by atoms with Crippen LogP contribution in [-0.4, -0.2) is 37.5 Å². The number of amides is 2. The summed E-state index contributed by atoms with van der Waals surface area (Å²) in [5, 5.41) is 3.71. The molecule has 0 unspecified atom stereocenters. The molecule has 150 valence electrons. The average molecular weight is 413 g/mol. The Morgan fingerprint density at radius 2 is 1.79 bits per heavy atom. The van der Waals surface area contributed by atoms with Gasteiger partial charge in [0.05, 0.1) is 19.8 Å². The lowest BCUT2D eigenvalue weighted by Gasteiger charge is -2.13. The first kappa shape index (κ1) is 20.5. The number of carbonyl (C=O) groups is 2. The summed E-state index contributed by atoms with van der Waals surface area (Å²) < 4.78 is 10.6. The minimum atomic E-state index is -0.422. The Balaban J connectivity index is 2.14. The number of benzene rings is 2. The van der Waals surface area contributed by atoms with Crippen LogP contribution in [0.25, 0.3) is 5.57 Å². The summed E-state index contributed by atoms with van der Waals surface area (Å²) in [7, 11) is 3.04. The van der Waals surface area contributed by atoms with Gasteiger partial charge in [0.15, 0.2) is 11.5 Å². The molecule has 1 N–H and O–H groups in total. The third-order valence-electron chi connectivity index (χ3n) is 4.60. The summed E-state index contributed by atoms with van der Waals surface area (Å²) in [5.74, 6) is 0.159. The molecule has 0 saturated heterocycles. The predicted octanol–water partition coefficient (Wildman–Crippen LogP) is 4.04. The summed E-state index contributed by atoms with van der Waals surface area (Å²) in [6.45, 7) is 5.62. The van der Waals surface area contributed by atoms with Crippen LogP contribution in [0.1, 0.15) is 11.1 Å². The number of carbonyl (C=O) groups excluding carboxylic acids is 2. The number of nitrogens with one attached hydrogen (secondary N) is 1. The van der Waals surface area contributed by atoms with Gasteiger partial charge in [0.2, 0.25) is 0 Å². The van der Waals surface area contributed by atoms with E-state index in [0.717, 1.165) is 10.5 Å². The second kappa shape index (κ2) is 8.41. The summed E-state index contributed by atoms with van der Waals surface area (Å²) in [6, 6.07) is 10.4. The summed E-state index contributed by atoms with van der Waals surface area (Å²) in [6.07, 6.45) is 1.51. The molecular weight excluding hydrogens is 392 g/mol. The lowest BCUT2D eigenvalue weighted by molar-refractivity contribution is -0.136. The standard InChI is InChI=1S/C22H21ClN2O4/c1-5-10-25-21(26)19(14-6-9-17(28-3)18(12-14)29-4)20(22(25)27)24-16-8-7-15(23)11-13(16)2/h5-9,11-12,24H,1,10H2,2-4H3. The molecule has 0 bridgehead atoms. The molecule has 0 aromatic heterocycles. The maximum absolute atomic E-state index is 13.1. The van der Waals surface area contributed by atoms with Gasteiger partial charge in [-0.3, -0.25) is 14.5 Å². The maximum atomic E-state index is 13.1. The molecule has 1 aliphatic rings. The van der Waals surface area contributed by atoms with E-state index in [4.69, 9.17) is 21.1 Å². The fourth-order valence-corrected chi connectivity index (χ4v) is 3.38. The number of methoxy groups -OCH3 is 2. The van der Waals surface area contributed by atoms with Crippen LogP contribution in [0.2, 0.25) is 5.02 Å². The number of rotatable bonds is 7. The van der Waals surface area contributed by atoms with E-state index in [0.29, 0.717) is 27.8 Å². The summed E-state index contributed by atoms with van der Waals surface area (Å²) in [4.78, 5) is 27.2. The molecule has 2 amide bonds. The molecule has 6 nitrogen and oxygen atoms in total. The minimum absolute atomic E-state index is 0.110. The van der Waals surface area contributed by atoms with Crippen LogP contribution < -0.4 is 14.8 Å². The zero-order chi connectivity index (χ0) is 21.1. The van der Waals surface area contributed by atoms with E-state index in [2.05, 4.69) is 11.9 Å². The Labute approximate surface area is 174 Å². The van der Waals surface area contributed by atoms with Gasteiger partial charge in [0, 0.05) is 17.3 Å². The van der Waals surface area contributed by atoms with Gasteiger partial charge in [-0.2, -0.15) is 0 Å². The molecule has 0 atom stereocenters. The van der Waals surface area contributed by atoms with E-state index >= 15 is 0 Å². The fraction of sp³-hybridized carbons (Fsp3) is 0.182. The number of hydrogen-bond donors (Lipinski definition) is 1. The molecular formula is C22H21ClN2O4. The van der Waals surface area contributed by atoms with Gasteiger partial charge in [0.25, 0.3) is 11.8 Å². The first-order valence-electron chi connectivity index (χ1n) is 8.88. The highest BCUT2D eigenvalue weighted by atomic mass is 35.5. The molecule has 2 aromatic rings. The van der Waals surface area contributed by atoms with Crippen LogP contribution in [0.4, 0.5) is 5.69 Å². The number of nitrogens with zero attached hydrogens (tertiary/aromatic N) is 1. The van der Waals surface area contributed by atoms with E-state index in [-0.39, 0.29) is 17.8 Å². The highest BCUT2D eigenvalue weighted by Crippen LogP contribution is 2.36. The van der Waals surface area contributed by atoms with Crippen molar-refractivity contribution in [3.8, 4) is 11.5 Å². The van der Waals surface area contributed by atoms with Crippen molar-refractivity contribution in [3.05, 3.63) is 70.9 Å². The normalized spacial score (nSPS) is 13.7. The Hall–Kier alpha value is -3.25. The minimum Gasteiger partial charge on any atom is -0.493 e. The number of hydrogen-bond acceptors (Lipinski definition) is 5. The second-order valence-corrected chi connectivity index (χ2v) is 6.85. The van der Waals surface area contributed by atoms with E-state index < -0.39 is 11.8 Å². The topological polar surface area (TPSA) is 67.9 Å². The van der Waals surface area contributed by atoms with Gasteiger partial charge < -0.3 is 14.8 Å². The van der Waals surface area contributed by atoms with Crippen LogP contribution in [0, 0.1) is 6.92 Å². The largest absolute Gasteiger partial charge is 0.493 e. The number of aryl methyl sites for hydroxylation is 1. The monoisotopic (exact) mass is 412 g/mol. The Kier molecular flexibility index (Phi) is 5.94. The Morgan fingerprint density at radius 3 is 2.41 bits per heavy atom. The molecule has 29 heavy (non-hydrogen) atoms. The van der Waals surface area contributed by atoms with E-state index in [1.807, 2.05) is 6.92 Å². The van der Waals surface area contributed by atoms with E-state index in [1.54, 1.807) is 36.4 Å². The number of anilines is 1. The Bertz CT molecular complexity index is 1030. The summed E-state index contributed by atoms with van der Waals surface area (Å²) >= 11 is 6.03. The molecule has 0 aliphatic carbocycles. The first-order valence-corrected chi connectivity index (χ1v) is 9.26. The zero-order valence-electron chi connectivity index (χ0n) is 16.4. The predicted molar refractivity (Wildman–Crippen MR) is 113 cm³/mol. The molecule has 0 radical (unpaired) electrons. The quantitative estimate of drug-likeness (QED) is 0.549. The van der Waals surface area contributed by atoms with Crippen LogP contribution in [-0.2, 0) is 9.59 Å². The van der Waals surface area contributed by atoms with Gasteiger partial charge in [0.1, 0.15) is 5.70 Å². The van der Waals surface area contributed by atoms with Gasteiger partial charge in [-0.05, 0) is 48.4 Å². The molecule has 7 heteroatoms. The van der Waals surface area contributed by atoms with Crippen LogP contribution in [0.5, 0.6) is 11.5 Å². The fourth-order valence-electron chi connectivity index (χ4n) is 3.15. The molecule has 2 aromatic carbocycles. The van der Waals surface area contributed by atoms with Crippen molar-refractivity contribution in [1.82, 2.24) is 4.90 Å². The molecule has 1 heterocycles. The smallest absolute Gasteiger partial charge is 0.278 e. The number of imide groups is 1. The van der Waals surface area contributed by atoms with E-state index in [9.17, 15) is 9.59 Å². The lowest BCUT2D eigenvalue weighted by Crippen LogP contribution is -2.32. The molecule has 3 rings (SSSR count). The highest BCUT2D eigenvalue weighted by molar-refractivity contribution is 6.36. The van der Waals surface area contributed by atoms with E-state index in [1.165, 1.54) is 20.3 Å². The number of halogens is 1. The first-order chi connectivity index (χ1) is 13.9. The third-order valence-corrected chi connectivity index (χ3v) is 4.84. The Morgan fingerprint density at radius 1 is 1.07 bits per heavy atom. The third kappa shape index (κ3) is 3.84. The zero-order valence-corrected chi connectivity index (χ0v) is 17.2. The van der Waals surface area contributed by atoms with Crippen molar-refractivity contribution in [2.75, 3.05) is 26.1 Å². The van der Waals surface area contributed by atoms with Crippen molar-refractivity contribution in [2.24, 2.45) is 0 Å². The van der Waals surface area contributed by atoms with Crippen molar-refractivity contribution in [3.63, 3.8) is 0 Å². The van der Waals surface area contributed by atoms with Gasteiger partial charge in [-0.15, -0.1) is 6.58 Å². The van der Waals surface area contributed by atoms with Crippen molar-refractivity contribution in [1.29, 1.82) is 0 Å². The van der Waals surface area contributed by atoms with Gasteiger partial charge in [-0.1, -0.05) is 23.7 Å². The van der Waals surface area contributed by atoms with Gasteiger partial charge >= 0.3 is 0 Å². The van der Waals surface area contributed by atoms with Crippen LogP contribution >= 0.6 is 11.6 Å². The van der Waals surface area contributed by atoms with Crippen LogP contribution in [0.3, 0.4) is 0 Å².